The van der Waals surface area contributed by atoms with E-state index in [1.807, 2.05) is 24.3 Å². The zero-order valence-corrected chi connectivity index (χ0v) is 21.3. The molecular weight excluding hydrogens is 484 g/mol. The van der Waals surface area contributed by atoms with Crippen LogP contribution in [0.2, 0.25) is 0 Å². The van der Waals surface area contributed by atoms with Gasteiger partial charge in [-0.2, -0.15) is 0 Å². The van der Waals surface area contributed by atoms with Gasteiger partial charge in [-0.1, -0.05) is 24.3 Å². The second-order valence-corrected chi connectivity index (χ2v) is 9.26. The molecule has 9 heteroatoms. The van der Waals surface area contributed by atoms with Crippen LogP contribution >= 0.6 is 0 Å². The van der Waals surface area contributed by atoms with E-state index in [9.17, 15) is 19.5 Å². The van der Waals surface area contributed by atoms with Gasteiger partial charge in [0.15, 0.2) is 0 Å². The van der Waals surface area contributed by atoms with Crippen LogP contribution in [0.5, 0.6) is 0 Å². The first-order chi connectivity index (χ1) is 18.5. The molecule has 3 aromatic rings. The van der Waals surface area contributed by atoms with Crippen molar-refractivity contribution in [2.75, 3.05) is 33.4 Å². The van der Waals surface area contributed by atoms with Crippen LogP contribution in [-0.2, 0) is 4.74 Å². The summed E-state index contributed by atoms with van der Waals surface area (Å²) < 4.78 is 4.76. The molecule has 3 N–H and O–H groups in total. The van der Waals surface area contributed by atoms with Crippen LogP contribution < -0.4 is 10.6 Å². The molecular formula is C29H32N4O5. The predicted octanol–water partition coefficient (Wildman–Crippen LogP) is 3.42. The quantitative estimate of drug-likeness (QED) is 0.422. The average molecular weight is 517 g/mol. The summed E-state index contributed by atoms with van der Waals surface area (Å²) in [6.45, 7) is 1.40. The number of nitrogens with zero attached hydrogens (tertiary/aromatic N) is 2. The molecule has 198 valence electrons. The molecule has 1 aliphatic heterocycles. The van der Waals surface area contributed by atoms with E-state index in [4.69, 9.17) is 4.74 Å². The Hall–Kier alpha value is -4.24. The van der Waals surface area contributed by atoms with Gasteiger partial charge in [-0.25, -0.2) is 4.79 Å². The van der Waals surface area contributed by atoms with E-state index in [0.29, 0.717) is 36.3 Å². The van der Waals surface area contributed by atoms with Gasteiger partial charge in [0.2, 0.25) is 0 Å². The van der Waals surface area contributed by atoms with Crippen molar-refractivity contribution in [1.29, 1.82) is 0 Å². The zero-order chi connectivity index (χ0) is 26.9. The summed E-state index contributed by atoms with van der Waals surface area (Å²) in [5, 5.41) is 15.8. The number of methoxy groups -OCH3 is 1. The lowest BCUT2D eigenvalue weighted by molar-refractivity contribution is 0.0914. The van der Waals surface area contributed by atoms with Gasteiger partial charge < -0.3 is 25.4 Å². The van der Waals surface area contributed by atoms with Gasteiger partial charge in [0.1, 0.15) is 0 Å². The highest BCUT2D eigenvalue weighted by Gasteiger charge is 2.24. The number of hydrogen-bond acceptors (Lipinski definition) is 6. The fourth-order valence-electron chi connectivity index (χ4n) is 4.52. The number of aromatic nitrogens is 1. The molecule has 0 unspecified atom stereocenters. The summed E-state index contributed by atoms with van der Waals surface area (Å²) in [6, 6.07) is 17.2. The molecule has 3 amide bonds. The number of likely N-dealkylation sites (tertiary alicyclic amines) is 1. The molecule has 1 saturated heterocycles. The third-order valence-corrected chi connectivity index (χ3v) is 6.80. The van der Waals surface area contributed by atoms with Crippen LogP contribution in [0.3, 0.4) is 0 Å². The van der Waals surface area contributed by atoms with Gasteiger partial charge >= 0.3 is 6.09 Å². The molecule has 0 bridgehead atoms. The predicted molar refractivity (Wildman–Crippen MR) is 142 cm³/mol. The first-order valence-electron chi connectivity index (χ1n) is 12.6. The van der Waals surface area contributed by atoms with Crippen molar-refractivity contribution >= 4 is 17.9 Å². The third-order valence-electron chi connectivity index (χ3n) is 6.80. The SMILES string of the molecule is COC(=O)N1CCC(CNC(=O)c2cccc([C@@H](CO)NC(=O)c3ccc(-c4ccncc4)cc3)c2)CC1. The van der Waals surface area contributed by atoms with Crippen LogP contribution in [-0.4, -0.2) is 66.2 Å². The molecule has 1 aliphatic rings. The highest BCUT2D eigenvalue weighted by molar-refractivity contribution is 5.95. The zero-order valence-electron chi connectivity index (χ0n) is 21.3. The Morgan fingerprint density at radius 2 is 1.66 bits per heavy atom. The number of ether oxygens (including phenoxy) is 1. The monoisotopic (exact) mass is 516 g/mol. The minimum Gasteiger partial charge on any atom is -0.453 e. The highest BCUT2D eigenvalue weighted by atomic mass is 16.5. The molecule has 1 atom stereocenters. The van der Waals surface area contributed by atoms with Gasteiger partial charge in [0, 0.05) is 43.2 Å². The average Bonchev–Trinajstić information content (AvgIpc) is 2.99. The van der Waals surface area contributed by atoms with Gasteiger partial charge in [-0.15, -0.1) is 0 Å². The second kappa shape index (κ2) is 12.8. The van der Waals surface area contributed by atoms with E-state index in [0.717, 1.165) is 24.0 Å². The Bertz CT molecular complexity index is 1240. The highest BCUT2D eigenvalue weighted by Crippen LogP contribution is 2.21. The number of piperidine rings is 1. The van der Waals surface area contributed by atoms with Crippen molar-refractivity contribution in [1.82, 2.24) is 20.5 Å². The smallest absolute Gasteiger partial charge is 0.409 e. The van der Waals surface area contributed by atoms with E-state index in [-0.39, 0.29) is 30.4 Å². The molecule has 0 spiro atoms. The van der Waals surface area contributed by atoms with Crippen molar-refractivity contribution in [2.24, 2.45) is 5.92 Å². The molecule has 9 nitrogen and oxygen atoms in total. The summed E-state index contributed by atoms with van der Waals surface area (Å²) >= 11 is 0. The fraction of sp³-hybridized carbons (Fsp3) is 0.310. The molecule has 0 saturated carbocycles. The number of aliphatic hydroxyl groups is 1. The number of rotatable bonds is 8. The van der Waals surface area contributed by atoms with Crippen LogP contribution in [0.25, 0.3) is 11.1 Å². The summed E-state index contributed by atoms with van der Waals surface area (Å²) in [7, 11) is 1.37. The van der Waals surface area contributed by atoms with Crippen molar-refractivity contribution in [2.45, 2.75) is 18.9 Å². The van der Waals surface area contributed by atoms with Crippen LogP contribution in [0, 0.1) is 5.92 Å². The molecule has 0 radical (unpaired) electrons. The number of amides is 3. The van der Waals surface area contributed by atoms with Crippen molar-refractivity contribution in [3.8, 4) is 11.1 Å². The number of carbonyl (C=O) groups excluding carboxylic acids is 3. The Morgan fingerprint density at radius 3 is 2.32 bits per heavy atom. The van der Waals surface area contributed by atoms with E-state index >= 15 is 0 Å². The summed E-state index contributed by atoms with van der Waals surface area (Å²) in [6.07, 6.45) is 4.68. The van der Waals surface area contributed by atoms with Crippen molar-refractivity contribution < 1.29 is 24.2 Å². The Labute approximate surface area is 221 Å². The minimum absolute atomic E-state index is 0.225. The number of aliphatic hydroxyl groups excluding tert-OH is 1. The van der Waals surface area contributed by atoms with Crippen molar-refractivity contribution in [3.63, 3.8) is 0 Å². The minimum atomic E-state index is -0.669. The molecule has 2 heterocycles. The van der Waals surface area contributed by atoms with E-state index < -0.39 is 6.04 Å². The molecule has 1 aromatic heterocycles. The first-order valence-corrected chi connectivity index (χ1v) is 12.6. The van der Waals surface area contributed by atoms with E-state index in [1.165, 1.54) is 7.11 Å². The largest absolute Gasteiger partial charge is 0.453 e. The van der Waals surface area contributed by atoms with Crippen LogP contribution in [0.4, 0.5) is 4.79 Å². The molecule has 4 rings (SSSR count). The standard InChI is InChI=1S/C29H32N4O5/c1-38-29(37)33-15-11-20(12-16-33)18-31-27(35)25-4-2-3-24(17-25)26(19-34)32-28(36)23-7-5-21(6-8-23)22-9-13-30-14-10-22/h2-10,13-14,17,20,26,34H,11-12,15-16,18-19H2,1H3,(H,31,35)(H,32,36)/t26-/m1/s1. The number of carbonyl (C=O) groups is 3. The maximum atomic E-state index is 12.9. The van der Waals surface area contributed by atoms with Gasteiger partial charge in [0.25, 0.3) is 11.8 Å². The van der Waals surface area contributed by atoms with Crippen LogP contribution in [0.15, 0.2) is 73.1 Å². The normalized spacial score (nSPS) is 14.4. The Kier molecular flexibility index (Phi) is 9.05. The van der Waals surface area contributed by atoms with Gasteiger partial charge in [-0.05, 0) is 71.8 Å². The van der Waals surface area contributed by atoms with Gasteiger partial charge in [-0.3, -0.25) is 14.6 Å². The first kappa shape index (κ1) is 26.8. The lowest BCUT2D eigenvalue weighted by atomic mass is 9.97. The number of hydrogen-bond donors (Lipinski definition) is 3. The van der Waals surface area contributed by atoms with E-state index in [2.05, 4.69) is 15.6 Å². The molecule has 2 aromatic carbocycles. The lowest BCUT2D eigenvalue weighted by Gasteiger charge is -2.30. The maximum absolute atomic E-state index is 12.9. The fourth-order valence-corrected chi connectivity index (χ4v) is 4.52. The summed E-state index contributed by atoms with van der Waals surface area (Å²) in [5.74, 6) is -0.270. The number of benzene rings is 2. The summed E-state index contributed by atoms with van der Waals surface area (Å²) in [5.41, 5.74) is 3.52. The molecule has 0 aliphatic carbocycles. The number of pyridine rings is 1. The maximum Gasteiger partial charge on any atom is 0.409 e. The Morgan fingerprint density at radius 1 is 0.974 bits per heavy atom. The molecule has 38 heavy (non-hydrogen) atoms. The van der Waals surface area contributed by atoms with E-state index in [1.54, 1.807) is 53.7 Å². The number of nitrogens with one attached hydrogen (secondary N) is 2. The summed E-state index contributed by atoms with van der Waals surface area (Å²) in [4.78, 5) is 43.0. The van der Waals surface area contributed by atoms with Crippen LogP contribution in [0.1, 0.15) is 45.2 Å². The van der Waals surface area contributed by atoms with Gasteiger partial charge in [0.05, 0.1) is 19.8 Å². The van der Waals surface area contributed by atoms with Crippen molar-refractivity contribution in [3.05, 3.63) is 89.7 Å². The Balaban J connectivity index is 1.33. The molecule has 1 fully saturated rings. The topological polar surface area (TPSA) is 121 Å². The third kappa shape index (κ3) is 6.74. The lowest BCUT2D eigenvalue weighted by Crippen LogP contribution is -2.41. The second-order valence-electron chi connectivity index (χ2n) is 9.26.